The number of aliphatic hydroxyl groups excluding tert-OH is 1. The molecule has 3 saturated carbocycles. The summed E-state index contributed by atoms with van der Waals surface area (Å²) in [5.41, 5.74) is -0.925. The second kappa shape index (κ2) is 8.96. The minimum absolute atomic E-state index is 0.00153. The highest BCUT2D eigenvalue weighted by molar-refractivity contribution is 6.02. The van der Waals surface area contributed by atoms with Gasteiger partial charge < -0.3 is 20.1 Å². The summed E-state index contributed by atoms with van der Waals surface area (Å²) in [6.45, 7) is 5.41. The molecular formula is C27H36O8. The maximum Gasteiger partial charge on any atom is 0.306 e. The summed E-state index contributed by atoms with van der Waals surface area (Å²) >= 11 is 0. The first-order chi connectivity index (χ1) is 16.4. The average molecular weight is 489 g/mol. The lowest BCUT2D eigenvalue weighted by atomic mass is 9.44. The van der Waals surface area contributed by atoms with Crippen LogP contribution in [0.3, 0.4) is 0 Å². The Morgan fingerprint density at radius 2 is 1.86 bits per heavy atom. The summed E-state index contributed by atoms with van der Waals surface area (Å²) in [7, 11) is 0. The van der Waals surface area contributed by atoms with Crippen LogP contribution in [0.5, 0.6) is 0 Å². The molecule has 8 heteroatoms. The van der Waals surface area contributed by atoms with Crippen LogP contribution < -0.4 is 0 Å². The number of carbonyl (C=O) groups excluding carboxylic acids is 3. The fourth-order valence-corrected chi connectivity index (χ4v) is 8.02. The minimum atomic E-state index is -1.74. The lowest BCUT2D eigenvalue weighted by Crippen LogP contribution is -2.62. The number of aliphatic hydroxyl groups is 2. The van der Waals surface area contributed by atoms with Crippen molar-refractivity contribution in [2.75, 3.05) is 6.61 Å². The van der Waals surface area contributed by atoms with Gasteiger partial charge in [-0.05, 0) is 62.5 Å². The van der Waals surface area contributed by atoms with E-state index in [0.29, 0.717) is 12.8 Å². The van der Waals surface area contributed by atoms with Crippen molar-refractivity contribution in [3.05, 3.63) is 23.3 Å². The SMILES string of the molecule is CCC1=CC(=O)C=C2CCC3C(C(O)C[C@@]4(C)C3CC[C@]4(O)C(=O)COC(=O)CCC(=O)O)[C@@]12C. The zero-order chi connectivity index (χ0) is 25.8. The number of Topliss-reactive ketones (excluding diaryl/α,β-unsaturated/α-hetero) is 1. The Labute approximate surface area is 205 Å². The Morgan fingerprint density at radius 3 is 2.51 bits per heavy atom. The summed E-state index contributed by atoms with van der Waals surface area (Å²) in [5, 5.41) is 31.9. The predicted molar refractivity (Wildman–Crippen MR) is 125 cm³/mol. The van der Waals surface area contributed by atoms with E-state index in [1.165, 1.54) is 0 Å². The van der Waals surface area contributed by atoms with Gasteiger partial charge in [0.05, 0.1) is 18.9 Å². The molecule has 0 radical (unpaired) electrons. The highest BCUT2D eigenvalue weighted by Crippen LogP contribution is 2.68. The van der Waals surface area contributed by atoms with Crippen molar-refractivity contribution < 1.29 is 39.2 Å². The van der Waals surface area contributed by atoms with Gasteiger partial charge in [0.1, 0.15) is 5.60 Å². The number of hydrogen-bond acceptors (Lipinski definition) is 7. The number of fused-ring (bicyclic) bond motifs is 5. The summed E-state index contributed by atoms with van der Waals surface area (Å²) in [4.78, 5) is 48.0. The number of carboxylic acids is 1. The molecule has 4 aliphatic rings. The predicted octanol–water partition coefficient (Wildman–Crippen LogP) is 2.75. The van der Waals surface area contributed by atoms with Crippen molar-refractivity contribution in [1.82, 2.24) is 0 Å². The van der Waals surface area contributed by atoms with Crippen LogP contribution in [0.4, 0.5) is 0 Å². The number of esters is 1. The fourth-order valence-electron chi connectivity index (χ4n) is 8.02. The Balaban J connectivity index is 1.57. The van der Waals surface area contributed by atoms with E-state index in [9.17, 15) is 29.4 Å². The number of carboxylic acid groups (broad SMARTS) is 1. The van der Waals surface area contributed by atoms with Crippen LogP contribution in [0.15, 0.2) is 23.3 Å². The third-order valence-corrected chi connectivity index (χ3v) is 9.74. The molecule has 0 saturated heterocycles. The van der Waals surface area contributed by atoms with Crippen molar-refractivity contribution in [3.8, 4) is 0 Å². The molecule has 0 aromatic rings. The maximum absolute atomic E-state index is 13.2. The normalized spacial score (nSPS) is 40.1. The van der Waals surface area contributed by atoms with E-state index >= 15 is 0 Å². The lowest BCUT2D eigenvalue weighted by molar-refractivity contribution is -0.182. The van der Waals surface area contributed by atoms with Gasteiger partial charge in [0.25, 0.3) is 0 Å². The van der Waals surface area contributed by atoms with Gasteiger partial charge in [0.15, 0.2) is 12.4 Å². The zero-order valence-electron chi connectivity index (χ0n) is 20.7. The smallest absolute Gasteiger partial charge is 0.306 e. The van der Waals surface area contributed by atoms with Gasteiger partial charge in [0, 0.05) is 16.7 Å². The van der Waals surface area contributed by atoms with Crippen molar-refractivity contribution in [2.24, 2.45) is 28.6 Å². The fraction of sp³-hybridized carbons (Fsp3) is 0.704. The molecule has 8 nitrogen and oxygen atoms in total. The van der Waals surface area contributed by atoms with Gasteiger partial charge in [-0.25, -0.2) is 0 Å². The molecule has 4 unspecified atom stereocenters. The topological polar surface area (TPSA) is 138 Å². The van der Waals surface area contributed by atoms with Gasteiger partial charge >= 0.3 is 11.9 Å². The monoisotopic (exact) mass is 488 g/mol. The molecule has 35 heavy (non-hydrogen) atoms. The number of allylic oxidation sites excluding steroid dienone is 4. The minimum Gasteiger partial charge on any atom is -0.481 e. The van der Waals surface area contributed by atoms with Crippen LogP contribution in [-0.2, 0) is 23.9 Å². The zero-order valence-corrected chi connectivity index (χ0v) is 20.7. The molecule has 7 atom stereocenters. The van der Waals surface area contributed by atoms with E-state index in [0.717, 1.165) is 24.0 Å². The highest BCUT2D eigenvalue weighted by Gasteiger charge is 2.68. The van der Waals surface area contributed by atoms with Gasteiger partial charge in [-0.3, -0.25) is 19.2 Å². The van der Waals surface area contributed by atoms with Crippen molar-refractivity contribution in [2.45, 2.75) is 83.8 Å². The number of ketones is 2. The maximum atomic E-state index is 13.2. The van der Waals surface area contributed by atoms with Crippen molar-refractivity contribution in [3.63, 3.8) is 0 Å². The van der Waals surface area contributed by atoms with Crippen molar-refractivity contribution in [1.29, 1.82) is 0 Å². The van der Waals surface area contributed by atoms with Gasteiger partial charge in [-0.2, -0.15) is 0 Å². The number of ether oxygens (including phenoxy) is 1. The quantitative estimate of drug-likeness (QED) is 0.465. The van der Waals surface area contributed by atoms with E-state index in [-0.39, 0.29) is 49.2 Å². The van der Waals surface area contributed by atoms with Crippen molar-refractivity contribution >= 4 is 23.5 Å². The van der Waals surface area contributed by atoms with Gasteiger partial charge in [-0.15, -0.1) is 0 Å². The molecule has 4 aliphatic carbocycles. The molecule has 0 aromatic carbocycles. The molecule has 0 aliphatic heterocycles. The van der Waals surface area contributed by atoms with E-state index in [2.05, 4.69) is 6.92 Å². The molecular weight excluding hydrogens is 452 g/mol. The second-order valence-electron chi connectivity index (χ2n) is 11.2. The summed E-state index contributed by atoms with van der Waals surface area (Å²) in [6.07, 6.45) is 5.26. The van der Waals surface area contributed by atoms with E-state index in [4.69, 9.17) is 9.84 Å². The largest absolute Gasteiger partial charge is 0.481 e. The van der Waals surface area contributed by atoms with Crippen LogP contribution in [0.25, 0.3) is 0 Å². The first kappa shape index (κ1) is 25.8. The summed E-state index contributed by atoms with van der Waals surface area (Å²) < 4.78 is 4.99. The van der Waals surface area contributed by atoms with Gasteiger partial charge in [0.2, 0.25) is 5.78 Å². The van der Waals surface area contributed by atoms with E-state index in [1.54, 1.807) is 12.2 Å². The van der Waals surface area contributed by atoms with Gasteiger partial charge in [-0.1, -0.05) is 31.9 Å². The lowest BCUT2D eigenvalue weighted by Gasteiger charge is -2.60. The number of hydrogen-bond donors (Lipinski definition) is 3. The molecule has 0 heterocycles. The summed E-state index contributed by atoms with van der Waals surface area (Å²) in [6, 6.07) is 0. The highest BCUT2D eigenvalue weighted by atomic mass is 16.5. The standard InChI is InChI=1S/C27H36O8/c1-4-15-11-17(28)12-16-5-6-18-19-9-10-27(34,21(30)14-35-23(33)8-7-22(31)32)25(19,2)13-20(29)24(18)26(15,16)3/h11-12,18-20,24,29,34H,4-10,13-14H2,1-3H3,(H,31,32)/t18?,19?,20?,24?,25-,26-,27-/m0/s1. The molecule has 4 rings (SSSR count). The number of carbonyl (C=O) groups is 4. The average Bonchev–Trinajstić information content (AvgIpc) is 3.06. The first-order valence-electron chi connectivity index (χ1n) is 12.7. The molecule has 3 fully saturated rings. The molecule has 0 bridgehead atoms. The molecule has 0 amide bonds. The Morgan fingerprint density at radius 1 is 1.14 bits per heavy atom. The van der Waals surface area contributed by atoms with E-state index < -0.39 is 46.9 Å². The number of aliphatic carboxylic acids is 1. The van der Waals surface area contributed by atoms with Crippen LogP contribution in [0.1, 0.15) is 72.1 Å². The Bertz CT molecular complexity index is 993. The Kier molecular flexibility index (Phi) is 6.60. The third-order valence-electron chi connectivity index (χ3n) is 9.74. The third kappa shape index (κ3) is 3.89. The second-order valence-corrected chi connectivity index (χ2v) is 11.2. The van der Waals surface area contributed by atoms with Crippen LogP contribution >= 0.6 is 0 Å². The molecule has 0 spiro atoms. The van der Waals surface area contributed by atoms with Crippen LogP contribution in [-0.4, -0.2) is 57.1 Å². The van der Waals surface area contributed by atoms with E-state index in [1.807, 2.05) is 13.8 Å². The first-order valence-corrected chi connectivity index (χ1v) is 12.7. The van der Waals surface area contributed by atoms with Crippen LogP contribution in [0, 0.1) is 28.6 Å². The molecule has 3 N–H and O–H groups in total. The number of rotatable bonds is 7. The van der Waals surface area contributed by atoms with Crippen LogP contribution in [0.2, 0.25) is 0 Å². The molecule has 0 aromatic heterocycles. The summed E-state index contributed by atoms with van der Waals surface area (Å²) in [5.74, 6) is -2.55. The molecule has 192 valence electrons. The Hall–Kier alpha value is -2.32.